The van der Waals surface area contributed by atoms with Gasteiger partial charge in [0.05, 0.1) is 0 Å². The van der Waals surface area contributed by atoms with Gasteiger partial charge in [0.2, 0.25) is 0 Å². The van der Waals surface area contributed by atoms with Crippen LogP contribution in [-0.4, -0.2) is 18.3 Å². The first-order chi connectivity index (χ1) is 9.20. The van der Waals surface area contributed by atoms with Crippen LogP contribution in [0.5, 0.6) is 0 Å². The SMILES string of the molecule is CNC1CCCCCCC1Sc1ccc(C)cc1C. The van der Waals surface area contributed by atoms with Gasteiger partial charge in [-0.3, -0.25) is 0 Å². The van der Waals surface area contributed by atoms with Crippen molar-refractivity contribution < 1.29 is 0 Å². The van der Waals surface area contributed by atoms with Gasteiger partial charge < -0.3 is 5.32 Å². The van der Waals surface area contributed by atoms with Crippen LogP contribution in [0.4, 0.5) is 0 Å². The zero-order chi connectivity index (χ0) is 13.7. The van der Waals surface area contributed by atoms with Crippen LogP contribution in [0.1, 0.15) is 49.7 Å². The minimum absolute atomic E-state index is 0.672. The maximum Gasteiger partial charge on any atom is 0.0248 e. The Bertz CT molecular complexity index is 402. The molecule has 0 saturated heterocycles. The smallest absolute Gasteiger partial charge is 0.0248 e. The van der Waals surface area contributed by atoms with Gasteiger partial charge in [-0.1, -0.05) is 43.4 Å². The highest BCUT2D eigenvalue weighted by Gasteiger charge is 2.22. The van der Waals surface area contributed by atoms with E-state index < -0.39 is 0 Å². The van der Waals surface area contributed by atoms with Crippen LogP contribution in [-0.2, 0) is 0 Å². The Kier molecular flexibility index (Phi) is 5.77. The van der Waals surface area contributed by atoms with E-state index in [1.165, 1.54) is 54.5 Å². The third-order valence-corrected chi connectivity index (χ3v) is 5.76. The lowest BCUT2D eigenvalue weighted by molar-refractivity contribution is 0.420. The van der Waals surface area contributed by atoms with E-state index in [9.17, 15) is 0 Å². The second-order valence-corrected chi connectivity index (χ2v) is 7.09. The highest BCUT2D eigenvalue weighted by molar-refractivity contribution is 8.00. The summed E-state index contributed by atoms with van der Waals surface area (Å²) in [5.74, 6) is 0. The standard InChI is InChI=1S/C17H27NS/c1-13-10-11-16(14(2)12-13)19-17-9-7-5-4-6-8-15(17)18-3/h10-12,15,17-18H,4-9H2,1-3H3. The van der Waals surface area contributed by atoms with E-state index in [1.807, 2.05) is 0 Å². The van der Waals surface area contributed by atoms with E-state index in [1.54, 1.807) is 0 Å². The molecule has 1 aliphatic carbocycles. The van der Waals surface area contributed by atoms with Crippen LogP contribution < -0.4 is 5.32 Å². The van der Waals surface area contributed by atoms with Gasteiger partial charge in [-0.25, -0.2) is 0 Å². The van der Waals surface area contributed by atoms with Gasteiger partial charge in [-0.2, -0.15) is 0 Å². The first-order valence-corrected chi connectivity index (χ1v) is 8.50. The molecule has 0 amide bonds. The molecule has 2 rings (SSSR count). The highest BCUT2D eigenvalue weighted by Crippen LogP contribution is 2.34. The van der Waals surface area contributed by atoms with E-state index in [0.717, 1.165) is 5.25 Å². The zero-order valence-electron chi connectivity index (χ0n) is 12.5. The maximum absolute atomic E-state index is 3.55. The summed E-state index contributed by atoms with van der Waals surface area (Å²) < 4.78 is 0. The molecule has 1 aromatic carbocycles. The predicted molar refractivity (Wildman–Crippen MR) is 86.1 cm³/mol. The van der Waals surface area contributed by atoms with Gasteiger partial charge in [0, 0.05) is 16.2 Å². The van der Waals surface area contributed by atoms with Crippen molar-refractivity contribution in [2.45, 2.75) is 68.6 Å². The molecule has 0 radical (unpaired) electrons. The number of hydrogen-bond acceptors (Lipinski definition) is 2. The molecule has 0 bridgehead atoms. The minimum atomic E-state index is 0.672. The number of aryl methyl sites for hydroxylation is 2. The Morgan fingerprint density at radius 3 is 2.47 bits per heavy atom. The third kappa shape index (κ3) is 4.25. The molecule has 2 atom stereocenters. The minimum Gasteiger partial charge on any atom is -0.316 e. The van der Waals surface area contributed by atoms with E-state index in [-0.39, 0.29) is 0 Å². The van der Waals surface area contributed by atoms with Gasteiger partial charge in [0.15, 0.2) is 0 Å². The molecule has 1 aromatic rings. The Morgan fingerprint density at radius 2 is 1.79 bits per heavy atom. The van der Waals surface area contributed by atoms with Gasteiger partial charge in [0.25, 0.3) is 0 Å². The van der Waals surface area contributed by atoms with Crippen molar-refractivity contribution in [3.05, 3.63) is 29.3 Å². The molecule has 0 heterocycles. The van der Waals surface area contributed by atoms with Crippen molar-refractivity contribution >= 4 is 11.8 Å². The van der Waals surface area contributed by atoms with Crippen LogP contribution in [0.2, 0.25) is 0 Å². The third-order valence-electron chi connectivity index (χ3n) is 4.18. The monoisotopic (exact) mass is 277 g/mol. The lowest BCUT2D eigenvalue weighted by Gasteiger charge is -2.29. The summed E-state index contributed by atoms with van der Waals surface area (Å²) in [4.78, 5) is 1.47. The predicted octanol–water partition coefficient (Wildman–Crippen LogP) is 4.71. The van der Waals surface area contributed by atoms with E-state index in [4.69, 9.17) is 0 Å². The number of nitrogens with one attached hydrogen (secondary N) is 1. The molecule has 0 aromatic heterocycles. The molecule has 1 fully saturated rings. The summed E-state index contributed by atoms with van der Waals surface area (Å²) in [5, 5.41) is 4.28. The first kappa shape index (κ1) is 14.9. The molecule has 106 valence electrons. The van der Waals surface area contributed by atoms with Crippen LogP contribution >= 0.6 is 11.8 Å². The molecule has 1 nitrogen and oxygen atoms in total. The maximum atomic E-state index is 3.55. The van der Waals surface area contributed by atoms with Crippen molar-refractivity contribution in [2.75, 3.05) is 7.05 Å². The van der Waals surface area contributed by atoms with Crippen molar-refractivity contribution in [3.63, 3.8) is 0 Å². The van der Waals surface area contributed by atoms with Crippen LogP contribution in [0.25, 0.3) is 0 Å². The zero-order valence-corrected chi connectivity index (χ0v) is 13.4. The van der Waals surface area contributed by atoms with Crippen LogP contribution in [0.15, 0.2) is 23.1 Å². The molecule has 2 unspecified atom stereocenters. The highest BCUT2D eigenvalue weighted by atomic mass is 32.2. The van der Waals surface area contributed by atoms with E-state index in [2.05, 4.69) is 56.2 Å². The molecule has 0 aliphatic heterocycles. The summed E-state index contributed by atoms with van der Waals surface area (Å²) in [7, 11) is 2.13. The summed E-state index contributed by atoms with van der Waals surface area (Å²) in [5.41, 5.74) is 2.80. The summed E-state index contributed by atoms with van der Waals surface area (Å²) in [6, 6.07) is 7.53. The molecule has 1 aliphatic rings. The molecule has 2 heteroatoms. The number of thioether (sulfide) groups is 1. The lowest BCUT2D eigenvalue weighted by Crippen LogP contribution is -2.36. The van der Waals surface area contributed by atoms with Crippen molar-refractivity contribution in [1.82, 2.24) is 5.32 Å². The number of rotatable bonds is 3. The Balaban J connectivity index is 2.08. The molecular formula is C17H27NS. The average Bonchev–Trinajstić information content (AvgIpc) is 2.36. The van der Waals surface area contributed by atoms with Crippen LogP contribution in [0, 0.1) is 13.8 Å². The Labute approximate surface area is 122 Å². The number of hydrogen-bond donors (Lipinski definition) is 1. The fraction of sp³-hybridized carbons (Fsp3) is 0.647. The summed E-state index contributed by atoms with van der Waals surface area (Å²) in [6.07, 6.45) is 8.29. The molecule has 0 spiro atoms. The topological polar surface area (TPSA) is 12.0 Å². The fourth-order valence-electron chi connectivity index (χ4n) is 3.02. The van der Waals surface area contributed by atoms with Gasteiger partial charge >= 0.3 is 0 Å². The second kappa shape index (κ2) is 7.35. The van der Waals surface area contributed by atoms with Gasteiger partial charge in [-0.05, 0) is 45.4 Å². The van der Waals surface area contributed by atoms with Gasteiger partial charge in [0.1, 0.15) is 0 Å². The number of benzene rings is 1. The van der Waals surface area contributed by atoms with Gasteiger partial charge in [-0.15, -0.1) is 11.8 Å². The largest absolute Gasteiger partial charge is 0.316 e. The van der Waals surface area contributed by atoms with Crippen LogP contribution in [0.3, 0.4) is 0 Å². The quantitative estimate of drug-likeness (QED) is 0.859. The second-order valence-electron chi connectivity index (χ2n) is 5.81. The molecular weight excluding hydrogens is 250 g/mol. The summed E-state index contributed by atoms with van der Waals surface area (Å²) in [6.45, 7) is 4.42. The van der Waals surface area contributed by atoms with E-state index >= 15 is 0 Å². The van der Waals surface area contributed by atoms with Crippen molar-refractivity contribution in [3.8, 4) is 0 Å². The average molecular weight is 277 g/mol. The Hall–Kier alpha value is -0.470. The lowest BCUT2D eigenvalue weighted by atomic mass is 9.96. The molecule has 19 heavy (non-hydrogen) atoms. The van der Waals surface area contributed by atoms with Crippen molar-refractivity contribution in [1.29, 1.82) is 0 Å². The van der Waals surface area contributed by atoms with E-state index in [0.29, 0.717) is 6.04 Å². The summed E-state index contributed by atoms with van der Waals surface area (Å²) >= 11 is 2.09. The van der Waals surface area contributed by atoms with Crippen molar-refractivity contribution in [2.24, 2.45) is 0 Å². The molecule has 1 saturated carbocycles. The first-order valence-electron chi connectivity index (χ1n) is 7.62. The fourth-order valence-corrected chi connectivity index (χ4v) is 4.45. The molecule has 1 N–H and O–H groups in total. The Morgan fingerprint density at radius 1 is 1.05 bits per heavy atom. The normalized spacial score (nSPS) is 24.8.